The lowest BCUT2D eigenvalue weighted by Crippen LogP contribution is -2.04. The van der Waals surface area contributed by atoms with Crippen LogP contribution in [0.1, 0.15) is 0 Å². The summed E-state index contributed by atoms with van der Waals surface area (Å²) in [6.07, 6.45) is 1.10. The van der Waals surface area contributed by atoms with Crippen molar-refractivity contribution in [3.05, 3.63) is 46.4 Å². The maximum Gasteiger partial charge on any atom is 0.329 e. The van der Waals surface area contributed by atoms with Crippen molar-refractivity contribution in [3.8, 4) is 0 Å². The average molecular weight is 263 g/mol. The Morgan fingerprint density at radius 3 is 2.58 bits per heavy atom. The Balaban J connectivity index is 2.26. The minimum Gasteiger partial charge on any atom is -0.367 e. The zero-order valence-electron chi connectivity index (χ0n) is 9.92. The fourth-order valence-electron chi connectivity index (χ4n) is 1.42. The second-order valence-electron chi connectivity index (χ2n) is 3.57. The normalized spacial score (nSPS) is 10.0. The van der Waals surface area contributed by atoms with Crippen LogP contribution in [0.3, 0.4) is 0 Å². The van der Waals surface area contributed by atoms with Crippen molar-refractivity contribution in [2.75, 3.05) is 17.7 Å². The number of hydrogen-bond acceptors (Lipinski definition) is 6. The summed E-state index contributed by atoms with van der Waals surface area (Å²) in [5, 5.41) is 16.2. The molecule has 0 saturated carbocycles. The molecule has 1 aromatic heterocycles. The smallest absolute Gasteiger partial charge is 0.329 e. The topological polar surface area (TPSA) is 93.0 Å². The third-order valence-corrected chi connectivity index (χ3v) is 2.30. The van der Waals surface area contributed by atoms with E-state index in [9.17, 15) is 14.5 Å². The highest BCUT2D eigenvalue weighted by molar-refractivity contribution is 5.60. The SMILES string of the molecule is CNc1nc(Nc2ccc(F)cc2)ncc1[N+](=O)[O-]. The van der Waals surface area contributed by atoms with E-state index in [1.54, 1.807) is 0 Å². The van der Waals surface area contributed by atoms with Gasteiger partial charge in [-0.15, -0.1) is 0 Å². The van der Waals surface area contributed by atoms with Crippen LogP contribution >= 0.6 is 0 Å². The van der Waals surface area contributed by atoms with Gasteiger partial charge in [0.25, 0.3) is 0 Å². The molecule has 1 aromatic carbocycles. The first-order chi connectivity index (χ1) is 9.10. The number of nitrogens with one attached hydrogen (secondary N) is 2. The van der Waals surface area contributed by atoms with Gasteiger partial charge in [-0.1, -0.05) is 0 Å². The second kappa shape index (κ2) is 5.25. The molecule has 2 N–H and O–H groups in total. The molecule has 98 valence electrons. The van der Waals surface area contributed by atoms with Gasteiger partial charge in [0.1, 0.15) is 12.0 Å². The van der Waals surface area contributed by atoms with E-state index < -0.39 is 4.92 Å². The van der Waals surface area contributed by atoms with Gasteiger partial charge in [0, 0.05) is 12.7 Å². The Morgan fingerprint density at radius 2 is 2.00 bits per heavy atom. The van der Waals surface area contributed by atoms with Gasteiger partial charge in [-0.05, 0) is 24.3 Å². The Labute approximate surface area is 107 Å². The monoisotopic (exact) mass is 263 g/mol. The molecule has 7 nitrogen and oxygen atoms in total. The number of anilines is 3. The molecule has 0 aliphatic heterocycles. The quantitative estimate of drug-likeness (QED) is 0.649. The summed E-state index contributed by atoms with van der Waals surface area (Å²) in [5.41, 5.74) is 0.365. The summed E-state index contributed by atoms with van der Waals surface area (Å²) in [4.78, 5) is 17.9. The van der Waals surface area contributed by atoms with Crippen LogP contribution in [0.25, 0.3) is 0 Å². The standard InChI is InChI=1S/C11H10FN5O2/c1-13-10-9(17(18)19)6-14-11(16-10)15-8-4-2-7(12)3-5-8/h2-6H,1H3,(H2,13,14,15,16). The molecule has 0 fully saturated rings. The van der Waals surface area contributed by atoms with Crippen LogP contribution in [-0.4, -0.2) is 21.9 Å². The first-order valence-electron chi connectivity index (χ1n) is 5.32. The molecule has 0 spiro atoms. The zero-order chi connectivity index (χ0) is 13.8. The Hall–Kier alpha value is -2.77. The summed E-state index contributed by atoms with van der Waals surface area (Å²) >= 11 is 0. The maximum absolute atomic E-state index is 12.7. The van der Waals surface area contributed by atoms with Gasteiger partial charge in [0.05, 0.1) is 4.92 Å². The fraction of sp³-hybridized carbons (Fsp3) is 0.0909. The van der Waals surface area contributed by atoms with E-state index >= 15 is 0 Å². The molecule has 1 heterocycles. The largest absolute Gasteiger partial charge is 0.367 e. The zero-order valence-corrected chi connectivity index (χ0v) is 9.92. The third kappa shape index (κ3) is 2.92. The second-order valence-corrected chi connectivity index (χ2v) is 3.57. The summed E-state index contributed by atoms with van der Waals surface area (Å²) in [5.74, 6) is -0.0720. The molecular weight excluding hydrogens is 253 g/mol. The summed E-state index contributed by atoms with van der Waals surface area (Å²) in [7, 11) is 1.52. The van der Waals surface area contributed by atoms with Crippen molar-refractivity contribution < 1.29 is 9.31 Å². The molecule has 0 bridgehead atoms. The summed E-state index contributed by atoms with van der Waals surface area (Å²) in [6.45, 7) is 0. The lowest BCUT2D eigenvalue weighted by Gasteiger charge is -2.06. The maximum atomic E-state index is 12.7. The number of nitro groups is 1. The lowest BCUT2D eigenvalue weighted by atomic mass is 10.3. The summed E-state index contributed by atoms with van der Waals surface area (Å²) in [6, 6.07) is 5.59. The third-order valence-electron chi connectivity index (χ3n) is 2.30. The van der Waals surface area contributed by atoms with Crippen molar-refractivity contribution >= 4 is 23.1 Å². The number of halogens is 1. The van der Waals surface area contributed by atoms with Crippen molar-refractivity contribution in [1.82, 2.24) is 9.97 Å². The number of aromatic nitrogens is 2. The minimum atomic E-state index is -0.576. The number of hydrogen-bond donors (Lipinski definition) is 2. The van der Waals surface area contributed by atoms with Gasteiger partial charge in [-0.25, -0.2) is 9.37 Å². The van der Waals surface area contributed by atoms with Gasteiger partial charge >= 0.3 is 5.69 Å². The molecule has 0 saturated heterocycles. The predicted molar refractivity (Wildman–Crippen MR) is 67.9 cm³/mol. The van der Waals surface area contributed by atoms with Gasteiger partial charge in [0.15, 0.2) is 0 Å². The fourth-order valence-corrected chi connectivity index (χ4v) is 1.42. The highest BCUT2D eigenvalue weighted by atomic mass is 19.1. The molecule has 0 radical (unpaired) electrons. The van der Waals surface area contributed by atoms with Crippen molar-refractivity contribution in [3.63, 3.8) is 0 Å². The van der Waals surface area contributed by atoms with Gasteiger partial charge in [-0.2, -0.15) is 4.98 Å². The first-order valence-corrected chi connectivity index (χ1v) is 5.32. The van der Waals surface area contributed by atoms with Crippen molar-refractivity contribution in [1.29, 1.82) is 0 Å². The van der Waals surface area contributed by atoms with Crippen LogP contribution in [0.2, 0.25) is 0 Å². The van der Waals surface area contributed by atoms with Gasteiger partial charge < -0.3 is 10.6 Å². The van der Waals surface area contributed by atoms with Gasteiger partial charge in [0.2, 0.25) is 11.8 Å². The lowest BCUT2D eigenvalue weighted by molar-refractivity contribution is -0.384. The first kappa shape index (κ1) is 12.7. The van der Waals surface area contributed by atoms with E-state index in [1.165, 1.54) is 31.3 Å². The van der Waals surface area contributed by atoms with Crippen LogP contribution in [0, 0.1) is 15.9 Å². The van der Waals surface area contributed by atoms with Crippen LogP contribution in [-0.2, 0) is 0 Å². The predicted octanol–water partition coefficient (Wildman–Crippen LogP) is 2.31. The minimum absolute atomic E-state index is 0.101. The highest BCUT2D eigenvalue weighted by Crippen LogP contribution is 2.22. The molecule has 0 amide bonds. The van der Waals surface area contributed by atoms with E-state index in [-0.39, 0.29) is 23.3 Å². The van der Waals surface area contributed by atoms with Crippen LogP contribution in [0.15, 0.2) is 30.5 Å². The molecule has 2 rings (SSSR count). The highest BCUT2D eigenvalue weighted by Gasteiger charge is 2.15. The molecule has 19 heavy (non-hydrogen) atoms. The summed E-state index contributed by atoms with van der Waals surface area (Å²) < 4.78 is 12.7. The van der Waals surface area contributed by atoms with Crippen LogP contribution in [0.5, 0.6) is 0 Å². The van der Waals surface area contributed by atoms with E-state index in [0.29, 0.717) is 5.69 Å². The molecule has 2 aromatic rings. The van der Waals surface area contributed by atoms with E-state index in [1.807, 2.05) is 0 Å². The van der Waals surface area contributed by atoms with E-state index in [2.05, 4.69) is 20.6 Å². The Morgan fingerprint density at radius 1 is 1.32 bits per heavy atom. The molecule has 0 aliphatic carbocycles. The Bertz CT molecular complexity index is 603. The molecule has 0 atom stereocenters. The number of rotatable bonds is 4. The number of nitrogens with zero attached hydrogens (tertiary/aromatic N) is 3. The van der Waals surface area contributed by atoms with Crippen LogP contribution in [0.4, 0.5) is 27.5 Å². The van der Waals surface area contributed by atoms with E-state index in [4.69, 9.17) is 0 Å². The van der Waals surface area contributed by atoms with Gasteiger partial charge in [-0.3, -0.25) is 10.1 Å². The van der Waals surface area contributed by atoms with E-state index in [0.717, 1.165) is 6.20 Å². The molecule has 8 heteroatoms. The van der Waals surface area contributed by atoms with Crippen LogP contribution < -0.4 is 10.6 Å². The molecule has 0 aliphatic rings. The average Bonchev–Trinajstić information content (AvgIpc) is 2.41. The Kier molecular flexibility index (Phi) is 3.51. The van der Waals surface area contributed by atoms with Crippen molar-refractivity contribution in [2.24, 2.45) is 0 Å². The molecule has 0 unspecified atom stereocenters. The van der Waals surface area contributed by atoms with Crippen molar-refractivity contribution in [2.45, 2.75) is 0 Å². The molecular formula is C11H10FN5O2. The number of benzene rings is 1.